The van der Waals surface area contributed by atoms with Crippen LogP contribution in [0.15, 0.2) is 24.3 Å². The number of halogens is 2. The molecular weight excluding hydrogens is 217 g/mol. The summed E-state index contributed by atoms with van der Waals surface area (Å²) in [5, 5.41) is 27.3. The first-order chi connectivity index (χ1) is 7.50. The highest BCUT2D eigenvalue weighted by Gasteiger charge is 2.20. The number of fused-ring (bicyclic) bond motifs is 1. The molecule has 3 N–H and O–H groups in total. The zero-order chi connectivity index (χ0) is 11.9. The first kappa shape index (κ1) is 10.8. The van der Waals surface area contributed by atoms with Crippen LogP contribution in [0.2, 0.25) is 0 Å². The molecule has 0 unspecified atom stereocenters. The average molecular weight is 224 g/mol. The Labute approximate surface area is 89.7 Å². The Bertz CT molecular complexity index is 557. The van der Waals surface area contributed by atoms with Crippen LogP contribution in [0.5, 0.6) is 5.75 Å². The number of aromatic hydroxyl groups is 1. The second-order valence-electron chi connectivity index (χ2n) is 3.37. The summed E-state index contributed by atoms with van der Waals surface area (Å²) in [5.74, 6) is -2.50. The molecule has 0 saturated carbocycles. The Morgan fingerprint density at radius 1 is 1.06 bits per heavy atom. The van der Waals surface area contributed by atoms with Crippen molar-refractivity contribution in [1.29, 1.82) is 0 Å². The third-order valence-electron chi connectivity index (χ3n) is 2.30. The number of rotatable bonds is 1. The summed E-state index contributed by atoms with van der Waals surface area (Å²) in [6.07, 6.45) is 0. The van der Waals surface area contributed by atoms with Crippen LogP contribution >= 0.6 is 0 Å². The lowest BCUT2D eigenvalue weighted by Gasteiger charge is -2.08. The second kappa shape index (κ2) is 3.73. The van der Waals surface area contributed by atoms with E-state index >= 15 is 0 Å². The first-order valence-corrected chi connectivity index (χ1v) is 4.47. The summed E-state index contributed by atoms with van der Waals surface area (Å²) < 4.78 is 26.5. The zero-order valence-corrected chi connectivity index (χ0v) is 7.98. The van der Waals surface area contributed by atoms with E-state index in [9.17, 15) is 13.9 Å². The number of phenolic OH excluding ortho intramolecular Hbond substituents is 1. The summed E-state index contributed by atoms with van der Waals surface area (Å²) in [7, 11) is -1.98. The van der Waals surface area contributed by atoms with Gasteiger partial charge in [-0.1, -0.05) is 6.07 Å². The van der Waals surface area contributed by atoms with Crippen molar-refractivity contribution in [2.75, 3.05) is 0 Å². The first-order valence-electron chi connectivity index (χ1n) is 4.47. The monoisotopic (exact) mass is 224 g/mol. The van der Waals surface area contributed by atoms with Crippen LogP contribution in [-0.2, 0) is 0 Å². The van der Waals surface area contributed by atoms with Gasteiger partial charge in [0.05, 0.1) is 0 Å². The van der Waals surface area contributed by atoms with E-state index in [0.29, 0.717) is 0 Å². The standard InChI is InChI=1S/C10H7BF2O3/c12-8-2-1-5-3-6(14)4-7(11(15)16)9(5)10(8)13/h1-4,14-16H. The summed E-state index contributed by atoms with van der Waals surface area (Å²) in [6, 6.07) is 4.35. The molecule has 0 saturated heterocycles. The molecule has 2 aromatic carbocycles. The summed E-state index contributed by atoms with van der Waals surface area (Å²) in [6.45, 7) is 0. The molecule has 0 radical (unpaired) electrons. The van der Waals surface area contributed by atoms with Gasteiger partial charge < -0.3 is 15.2 Å². The van der Waals surface area contributed by atoms with Gasteiger partial charge >= 0.3 is 7.12 Å². The highest BCUT2D eigenvalue weighted by molar-refractivity contribution is 6.62. The van der Waals surface area contributed by atoms with Gasteiger partial charge in [0.2, 0.25) is 0 Å². The summed E-state index contributed by atoms with van der Waals surface area (Å²) in [4.78, 5) is 0. The molecule has 0 bridgehead atoms. The lowest BCUT2D eigenvalue weighted by Crippen LogP contribution is -2.31. The van der Waals surface area contributed by atoms with Gasteiger partial charge in [-0.2, -0.15) is 0 Å². The van der Waals surface area contributed by atoms with Gasteiger partial charge in [-0.05, 0) is 29.0 Å². The predicted molar refractivity (Wildman–Crippen MR) is 55.4 cm³/mol. The van der Waals surface area contributed by atoms with Crippen molar-refractivity contribution in [3.63, 3.8) is 0 Å². The lowest BCUT2D eigenvalue weighted by atomic mass is 9.77. The van der Waals surface area contributed by atoms with Gasteiger partial charge in [-0.25, -0.2) is 8.78 Å². The van der Waals surface area contributed by atoms with Crippen LogP contribution in [0.1, 0.15) is 0 Å². The Hall–Kier alpha value is -1.66. The normalized spacial score (nSPS) is 10.8. The molecule has 0 aliphatic carbocycles. The molecule has 0 aliphatic heterocycles. The van der Waals surface area contributed by atoms with Crippen LogP contribution in [0, 0.1) is 11.6 Å². The summed E-state index contributed by atoms with van der Waals surface area (Å²) in [5.41, 5.74) is -0.271. The van der Waals surface area contributed by atoms with Crippen LogP contribution in [-0.4, -0.2) is 22.3 Å². The molecule has 0 aliphatic rings. The molecule has 82 valence electrons. The fourth-order valence-corrected chi connectivity index (χ4v) is 1.62. The molecule has 3 nitrogen and oxygen atoms in total. The third kappa shape index (κ3) is 1.62. The van der Waals surface area contributed by atoms with Gasteiger partial charge in [0, 0.05) is 5.39 Å². The molecule has 2 aromatic rings. The molecule has 16 heavy (non-hydrogen) atoms. The minimum absolute atomic E-state index is 0.196. The van der Waals surface area contributed by atoms with Crippen molar-refractivity contribution in [3.8, 4) is 5.75 Å². The fraction of sp³-hybridized carbons (Fsp3) is 0. The quantitative estimate of drug-likeness (QED) is 0.618. The van der Waals surface area contributed by atoms with Crippen LogP contribution in [0.3, 0.4) is 0 Å². The lowest BCUT2D eigenvalue weighted by molar-refractivity contribution is 0.425. The molecule has 0 atom stereocenters. The van der Waals surface area contributed by atoms with Crippen LogP contribution in [0.4, 0.5) is 8.78 Å². The second-order valence-corrected chi connectivity index (χ2v) is 3.37. The van der Waals surface area contributed by atoms with Gasteiger partial charge in [0.25, 0.3) is 0 Å². The number of hydrogen-bond donors (Lipinski definition) is 3. The maximum Gasteiger partial charge on any atom is 0.489 e. The minimum atomic E-state index is -1.98. The molecule has 0 spiro atoms. The van der Waals surface area contributed by atoms with Crippen molar-refractivity contribution in [1.82, 2.24) is 0 Å². The van der Waals surface area contributed by atoms with E-state index < -0.39 is 18.8 Å². The van der Waals surface area contributed by atoms with E-state index in [1.165, 1.54) is 12.1 Å². The minimum Gasteiger partial charge on any atom is -0.508 e. The largest absolute Gasteiger partial charge is 0.508 e. The number of benzene rings is 2. The van der Waals surface area contributed by atoms with E-state index in [4.69, 9.17) is 10.0 Å². The van der Waals surface area contributed by atoms with Gasteiger partial charge in [-0.15, -0.1) is 0 Å². The van der Waals surface area contributed by atoms with E-state index in [1.807, 2.05) is 0 Å². The molecule has 0 aromatic heterocycles. The maximum atomic E-state index is 13.5. The molecule has 0 heterocycles. The number of hydrogen-bond acceptors (Lipinski definition) is 3. The van der Waals surface area contributed by atoms with Gasteiger partial charge in [0.15, 0.2) is 11.6 Å². The van der Waals surface area contributed by atoms with E-state index in [1.54, 1.807) is 0 Å². The predicted octanol–water partition coefficient (Wildman–Crippen LogP) is 0.503. The van der Waals surface area contributed by atoms with Crippen molar-refractivity contribution in [2.45, 2.75) is 0 Å². The maximum absolute atomic E-state index is 13.5. The van der Waals surface area contributed by atoms with E-state index in [-0.39, 0.29) is 22.0 Å². The highest BCUT2D eigenvalue weighted by atomic mass is 19.2. The fourth-order valence-electron chi connectivity index (χ4n) is 1.62. The molecule has 2 rings (SSSR count). The highest BCUT2D eigenvalue weighted by Crippen LogP contribution is 2.22. The Kier molecular flexibility index (Phi) is 2.53. The summed E-state index contributed by atoms with van der Waals surface area (Å²) >= 11 is 0. The molecular formula is C10H7BF2O3. The van der Waals surface area contributed by atoms with Crippen LogP contribution in [0.25, 0.3) is 10.8 Å². The van der Waals surface area contributed by atoms with Crippen molar-refractivity contribution < 1.29 is 23.9 Å². The Morgan fingerprint density at radius 2 is 1.75 bits per heavy atom. The van der Waals surface area contributed by atoms with Crippen LogP contribution < -0.4 is 5.46 Å². The van der Waals surface area contributed by atoms with Crippen molar-refractivity contribution in [2.24, 2.45) is 0 Å². The SMILES string of the molecule is OB(O)c1cc(O)cc2ccc(F)c(F)c12. The average Bonchev–Trinajstić information content (AvgIpc) is 2.22. The van der Waals surface area contributed by atoms with Gasteiger partial charge in [-0.3, -0.25) is 0 Å². The molecule has 0 amide bonds. The van der Waals surface area contributed by atoms with E-state index in [2.05, 4.69) is 0 Å². The van der Waals surface area contributed by atoms with Gasteiger partial charge in [0.1, 0.15) is 5.75 Å². The molecule has 6 heteroatoms. The molecule has 0 fully saturated rings. The van der Waals surface area contributed by atoms with Crippen molar-refractivity contribution >= 4 is 23.4 Å². The zero-order valence-electron chi connectivity index (χ0n) is 7.98. The Morgan fingerprint density at radius 3 is 2.38 bits per heavy atom. The number of phenols is 1. The van der Waals surface area contributed by atoms with E-state index in [0.717, 1.165) is 12.1 Å². The topological polar surface area (TPSA) is 60.7 Å². The third-order valence-corrected chi connectivity index (χ3v) is 2.30. The Balaban J connectivity index is 2.92. The smallest absolute Gasteiger partial charge is 0.489 e. The van der Waals surface area contributed by atoms with Crippen molar-refractivity contribution in [3.05, 3.63) is 35.9 Å².